The molecule has 2 rings (SSSR count). The Morgan fingerprint density at radius 2 is 2.00 bits per heavy atom. The average Bonchev–Trinajstić information content (AvgIpc) is 2.82. The number of hydrogen-bond acceptors (Lipinski definition) is 4. The lowest BCUT2D eigenvalue weighted by Gasteiger charge is -2.05. The average molecular weight is 266 g/mol. The lowest BCUT2D eigenvalue weighted by Crippen LogP contribution is -2.26. The summed E-state index contributed by atoms with van der Waals surface area (Å²) in [7, 11) is -3.44. The number of rotatable bonds is 5. The van der Waals surface area contributed by atoms with E-state index in [4.69, 9.17) is 0 Å². The van der Waals surface area contributed by atoms with E-state index in [1.807, 2.05) is 6.92 Å². The van der Waals surface area contributed by atoms with Gasteiger partial charge in [0.15, 0.2) is 0 Å². The van der Waals surface area contributed by atoms with Gasteiger partial charge in [-0.25, -0.2) is 18.1 Å². The van der Waals surface area contributed by atoms with Gasteiger partial charge in [0.2, 0.25) is 10.0 Å². The van der Waals surface area contributed by atoms with E-state index in [0.717, 1.165) is 5.56 Å². The number of benzene rings is 1. The molecule has 0 aliphatic heterocycles. The monoisotopic (exact) mass is 266 g/mol. The molecule has 0 spiro atoms. The third kappa shape index (κ3) is 3.14. The minimum atomic E-state index is -3.44. The fourth-order valence-electron chi connectivity index (χ4n) is 1.46. The second kappa shape index (κ2) is 5.28. The van der Waals surface area contributed by atoms with E-state index >= 15 is 0 Å². The first kappa shape index (κ1) is 12.7. The molecular formula is C11H14N4O2S. The summed E-state index contributed by atoms with van der Waals surface area (Å²) in [6.45, 7) is 2.19. The highest BCUT2D eigenvalue weighted by molar-refractivity contribution is 7.89. The summed E-state index contributed by atoms with van der Waals surface area (Å²) in [5, 5.41) is 6.37. The number of nitrogens with zero attached hydrogens (tertiary/aromatic N) is 2. The zero-order chi connectivity index (χ0) is 13.0. The number of aromatic nitrogens is 3. The largest absolute Gasteiger partial charge is 0.263 e. The summed E-state index contributed by atoms with van der Waals surface area (Å²) >= 11 is 0. The van der Waals surface area contributed by atoms with E-state index in [1.54, 1.807) is 24.3 Å². The number of H-pyrrole nitrogens is 1. The molecule has 2 aromatic rings. The van der Waals surface area contributed by atoms with Gasteiger partial charge in [0.05, 0.1) is 4.90 Å². The Morgan fingerprint density at radius 1 is 1.28 bits per heavy atom. The van der Waals surface area contributed by atoms with Crippen molar-refractivity contribution in [3.8, 4) is 0 Å². The maximum atomic E-state index is 11.9. The highest BCUT2D eigenvalue weighted by Gasteiger charge is 2.12. The van der Waals surface area contributed by atoms with Gasteiger partial charge in [0, 0.05) is 13.0 Å². The van der Waals surface area contributed by atoms with Gasteiger partial charge >= 0.3 is 0 Å². The number of hydrogen-bond donors (Lipinski definition) is 2. The number of aromatic amines is 1. The van der Waals surface area contributed by atoms with E-state index < -0.39 is 10.0 Å². The van der Waals surface area contributed by atoms with Gasteiger partial charge in [-0.15, -0.1) is 0 Å². The van der Waals surface area contributed by atoms with Crippen molar-refractivity contribution in [1.82, 2.24) is 19.9 Å². The van der Waals surface area contributed by atoms with Gasteiger partial charge in [0.25, 0.3) is 0 Å². The van der Waals surface area contributed by atoms with Gasteiger partial charge in [0.1, 0.15) is 12.2 Å². The van der Waals surface area contributed by atoms with Gasteiger partial charge in [-0.3, -0.25) is 5.10 Å². The second-order valence-corrected chi connectivity index (χ2v) is 5.66. The molecular weight excluding hydrogens is 252 g/mol. The third-order valence-electron chi connectivity index (χ3n) is 2.45. The van der Waals surface area contributed by atoms with Gasteiger partial charge in [-0.1, -0.05) is 17.7 Å². The van der Waals surface area contributed by atoms with Crippen LogP contribution in [0.2, 0.25) is 0 Å². The van der Waals surface area contributed by atoms with Gasteiger partial charge in [-0.05, 0) is 19.1 Å². The first-order valence-electron chi connectivity index (χ1n) is 5.48. The van der Waals surface area contributed by atoms with Crippen molar-refractivity contribution in [2.24, 2.45) is 0 Å². The standard InChI is InChI=1S/C11H14N4O2S/c1-9-2-4-10(5-3-9)18(16,17)14-7-6-11-12-8-13-15-11/h2-5,8,14H,6-7H2,1H3,(H,12,13,15). The predicted molar refractivity (Wildman–Crippen MR) is 66.5 cm³/mol. The van der Waals surface area contributed by atoms with E-state index in [0.29, 0.717) is 12.2 Å². The Morgan fingerprint density at radius 3 is 2.61 bits per heavy atom. The van der Waals surface area contributed by atoms with Crippen LogP contribution in [0.3, 0.4) is 0 Å². The molecule has 0 fully saturated rings. The molecule has 0 saturated carbocycles. The quantitative estimate of drug-likeness (QED) is 0.831. The first-order valence-corrected chi connectivity index (χ1v) is 6.97. The molecule has 1 heterocycles. The molecule has 0 aliphatic rings. The van der Waals surface area contributed by atoms with Gasteiger partial charge in [-0.2, -0.15) is 5.10 Å². The van der Waals surface area contributed by atoms with Crippen molar-refractivity contribution >= 4 is 10.0 Å². The lowest BCUT2D eigenvalue weighted by atomic mass is 10.2. The Balaban J connectivity index is 1.97. The van der Waals surface area contributed by atoms with Crippen LogP contribution in [-0.4, -0.2) is 30.1 Å². The molecule has 0 aliphatic carbocycles. The summed E-state index contributed by atoms with van der Waals surface area (Å²) in [5.41, 5.74) is 1.02. The van der Waals surface area contributed by atoms with Crippen molar-refractivity contribution in [2.45, 2.75) is 18.2 Å². The summed E-state index contributed by atoms with van der Waals surface area (Å²) in [5.74, 6) is 0.654. The van der Waals surface area contributed by atoms with E-state index in [9.17, 15) is 8.42 Å². The van der Waals surface area contributed by atoms with Crippen LogP contribution in [0.15, 0.2) is 35.5 Å². The smallest absolute Gasteiger partial charge is 0.240 e. The van der Waals surface area contributed by atoms with Crippen LogP contribution in [0.1, 0.15) is 11.4 Å². The molecule has 0 bridgehead atoms. The molecule has 1 aromatic carbocycles. The van der Waals surface area contributed by atoms with E-state index in [1.165, 1.54) is 6.33 Å². The van der Waals surface area contributed by atoms with Crippen LogP contribution in [0, 0.1) is 6.92 Å². The normalized spacial score (nSPS) is 11.6. The highest BCUT2D eigenvalue weighted by Crippen LogP contribution is 2.09. The Bertz CT molecular complexity index is 590. The van der Waals surface area contributed by atoms with Crippen LogP contribution >= 0.6 is 0 Å². The summed E-state index contributed by atoms with van der Waals surface area (Å²) < 4.78 is 26.3. The number of aryl methyl sites for hydroxylation is 1. The summed E-state index contributed by atoms with van der Waals surface area (Å²) in [6, 6.07) is 6.72. The Hall–Kier alpha value is -1.73. The van der Waals surface area contributed by atoms with Crippen molar-refractivity contribution in [3.63, 3.8) is 0 Å². The first-order chi connectivity index (χ1) is 8.58. The lowest BCUT2D eigenvalue weighted by molar-refractivity contribution is 0.581. The maximum Gasteiger partial charge on any atom is 0.240 e. The van der Waals surface area contributed by atoms with E-state index in [2.05, 4.69) is 19.9 Å². The topological polar surface area (TPSA) is 87.7 Å². The fraction of sp³-hybridized carbons (Fsp3) is 0.273. The molecule has 1 aromatic heterocycles. The molecule has 6 nitrogen and oxygen atoms in total. The van der Waals surface area contributed by atoms with Crippen molar-refractivity contribution < 1.29 is 8.42 Å². The Kier molecular flexibility index (Phi) is 3.73. The van der Waals surface area contributed by atoms with Crippen molar-refractivity contribution in [3.05, 3.63) is 42.0 Å². The highest BCUT2D eigenvalue weighted by atomic mass is 32.2. The number of nitrogens with one attached hydrogen (secondary N) is 2. The van der Waals surface area contributed by atoms with Crippen LogP contribution in [-0.2, 0) is 16.4 Å². The maximum absolute atomic E-state index is 11.9. The minimum Gasteiger partial charge on any atom is -0.263 e. The molecule has 7 heteroatoms. The molecule has 0 saturated heterocycles. The molecule has 0 amide bonds. The molecule has 18 heavy (non-hydrogen) atoms. The summed E-state index contributed by atoms with van der Waals surface area (Å²) in [4.78, 5) is 4.19. The van der Waals surface area contributed by atoms with Crippen LogP contribution in [0.25, 0.3) is 0 Å². The van der Waals surface area contributed by atoms with Crippen molar-refractivity contribution in [2.75, 3.05) is 6.54 Å². The third-order valence-corrected chi connectivity index (χ3v) is 3.93. The molecule has 0 unspecified atom stereocenters. The predicted octanol–water partition coefficient (Wildman–Crippen LogP) is 0.634. The zero-order valence-electron chi connectivity index (χ0n) is 9.92. The summed E-state index contributed by atoms with van der Waals surface area (Å²) in [6.07, 6.45) is 1.87. The minimum absolute atomic E-state index is 0.269. The van der Waals surface area contributed by atoms with Crippen molar-refractivity contribution in [1.29, 1.82) is 0 Å². The van der Waals surface area contributed by atoms with Gasteiger partial charge < -0.3 is 0 Å². The van der Waals surface area contributed by atoms with Crippen LogP contribution < -0.4 is 4.72 Å². The Labute approximate surface area is 106 Å². The van der Waals surface area contributed by atoms with E-state index in [-0.39, 0.29) is 11.4 Å². The van der Waals surface area contributed by atoms with Crippen LogP contribution in [0.4, 0.5) is 0 Å². The number of sulfonamides is 1. The molecule has 2 N–H and O–H groups in total. The second-order valence-electron chi connectivity index (χ2n) is 3.89. The molecule has 0 radical (unpaired) electrons. The molecule has 0 atom stereocenters. The molecule has 96 valence electrons. The SMILES string of the molecule is Cc1ccc(S(=O)(=O)NCCc2ncn[nH]2)cc1. The van der Waals surface area contributed by atoms with Crippen LogP contribution in [0.5, 0.6) is 0 Å². The zero-order valence-corrected chi connectivity index (χ0v) is 10.7. The fourth-order valence-corrected chi connectivity index (χ4v) is 2.49.